The van der Waals surface area contributed by atoms with Gasteiger partial charge in [-0.05, 0) is 31.2 Å². The molecule has 0 saturated carbocycles. The molecule has 7 nitrogen and oxygen atoms in total. The molecule has 3 heterocycles. The molecule has 0 bridgehead atoms. The number of thiazole rings is 1. The van der Waals surface area contributed by atoms with E-state index in [0.29, 0.717) is 12.3 Å². The Morgan fingerprint density at radius 3 is 2.96 bits per heavy atom. The van der Waals surface area contributed by atoms with Crippen molar-refractivity contribution in [2.75, 3.05) is 24.6 Å². The number of fused-ring (bicyclic) bond motifs is 1. The Kier molecular flexibility index (Phi) is 4.04. The van der Waals surface area contributed by atoms with Crippen LogP contribution in [0, 0.1) is 0 Å². The smallest absolute Gasteiger partial charge is 0.272 e. The van der Waals surface area contributed by atoms with E-state index < -0.39 is 0 Å². The fraction of sp³-hybridized carbons (Fsp3) is 0.353. The zero-order chi connectivity index (χ0) is 17.4. The third-order valence-corrected chi connectivity index (χ3v) is 5.17. The summed E-state index contributed by atoms with van der Waals surface area (Å²) in [6, 6.07) is 7.80. The van der Waals surface area contributed by atoms with Crippen LogP contribution in [0.4, 0.5) is 5.13 Å². The topological polar surface area (TPSA) is 72.3 Å². The molecule has 1 fully saturated rings. The number of nitrogens with zero attached hydrogens (tertiary/aromatic N) is 4. The summed E-state index contributed by atoms with van der Waals surface area (Å²) in [4.78, 5) is 19.0. The fourth-order valence-electron chi connectivity index (χ4n) is 2.81. The van der Waals surface area contributed by atoms with Crippen molar-refractivity contribution in [1.29, 1.82) is 0 Å². The van der Waals surface area contributed by atoms with Gasteiger partial charge in [0.2, 0.25) is 0 Å². The summed E-state index contributed by atoms with van der Waals surface area (Å²) in [7, 11) is 1.80. The molecule has 1 N–H and O–H groups in total. The predicted molar refractivity (Wildman–Crippen MR) is 97.5 cm³/mol. The minimum absolute atomic E-state index is 0.125. The summed E-state index contributed by atoms with van der Waals surface area (Å²) in [6.45, 7) is 4.15. The monoisotopic (exact) mass is 357 g/mol. The molecule has 1 amide bonds. The van der Waals surface area contributed by atoms with Gasteiger partial charge in [-0.1, -0.05) is 11.3 Å². The zero-order valence-electron chi connectivity index (χ0n) is 14.1. The molecule has 4 rings (SSSR count). The van der Waals surface area contributed by atoms with Crippen molar-refractivity contribution in [2.45, 2.75) is 13.0 Å². The van der Waals surface area contributed by atoms with Crippen molar-refractivity contribution in [3.05, 3.63) is 36.2 Å². The molecule has 2 aromatic heterocycles. The number of rotatable bonds is 5. The Bertz CT molecular complexity index is 913. The number of aromatic nitrogens is 3. The molecule has 3 aromatic rings. The molecule has 0 atom stereocenters. The van der Waals surface area contributed by atoms with E-state index in [1.165, 1.54) is 0 Å². The van der Waals surface area contributed by atoms with Crippen LogP contribution in [0.1, 0.15) is 17.4 Å². The highest BCUT2D eigenvalue weighted by atomic mass is 32.1. The van der Waals surface area contributed by atoms with Gasteiger partial charge in [-0.25, -0.2) is 4.98 Å². The van der Waals surface area contributed by atoms with Crippen LogP contribution in [0.15, 0.2) is 30.5 Å². The first-order chi connectivity index (χ1) is 12.1. The van der Waals surface area contributed by atoms with Gasteiger partial charge < -0.3 is 15.0 Å². The molecule has 1 saturated heterocycles. The number of hydrogen-bond donors (Lipinski definition) is 1. The minimum atomic E-state index is -0.129. The lowest BCUT2D eigenvalue weighted by atomic mass is 10.1. The minimum Gasteiger partial charge on any atom is -0.494 e. The number of carbonyl (C=O) groups is 1. The number of aryl methyl sites for hydroxylation is 1. The highest BCUT2D eigenvalue weighted by molar-refractivity contribution is 7.22. The molecule has 25 heavy (non-hydrogen) atoms. The summed E-state index contributed by atoms with van der Waals surface area (Å²) >= 11 is 1.65. The second kappa shape index (κ2) is 6.36. The highest BCUT2D eigenvalue weighted by Gasteiger charge is 2.30. The summed E-state index contributed by atoms with van der Waals surface area (Å²) < 4.78 is 8.28. The van der Waals surface area contributed by atoms with Crippen LogP contribution < -0.4 is 15.0 Å². The van der Waals surface area contributed by atoms with Gasteiger partial charge in [0, 0.05) is 26.3 Å². The molecule has 1 aliphatic heterocycles. The van der Waals surface area contributed by atoms with Crippen LogP contribution in [0.5, 0.6) is 5.75 Å². The Hall–Kier alpha value is -2.61. The first kappa shape index (κ1) is 15.9. The van der Waals surface area contributed by atoms with Crippen molar-refractivity contribution >= 4 is 32.6 Å². The molecular weight excluding hydrogens is 338 g/mol. The number of nitrogens with one attached hydrogen (secondary N) is 1. The van der Waals surface area contributed by atoms with Crippen molar-refractivity contribution in [3.8, 4) is 5.75 Å². The number of hydrogen-bond acceptors (Lipinski definition) is 6. The Morgan fingerprint density at radius 2 is 2.24 bits per heavy atom. The van der Waals surface area contributed by atoms with E-state index in [0.717, 1.165) is 34.2 Å². The first-order valence-corrected chi connectivity index (χ1v) is 9.03. The summed E-state index contributed by atoms with van der Waals surface area (Å²) in [5.41, 5.74) is 1.42. The maximum atomic E-state index is 12.1. The lowest BCUT2D eigenvalue weighted by Gasteiger charge is -2.39. The lowest BCUT2D eigenvalue weighted by molar-refractivity contribution is 0.0924. The molecule has 8 heteroatoms. The summed E-state index contributed by atoms with van der Waals surface area (Å²) in [6.07, 6.45) is 1.76. The predicted octanol–water partition coefficient (Wildman–Crippen LogP) is 2.05. The average Bonchev–Trinajstić information content (AvgIpc) is 3.16. The highest BCUT2D eigenvalue weighted by Crippen LogP contribution is 2.33. The Morgan fingerprint density at radius 1 is 1.40 bits per heavy atom. The van der Waals surface area contributed by atoms with Crippen LogP contribution in [-0.4, -0.2) is 46.4 Å². The van der Waals surface area contributed by atoms with Gasteiger partial charge in [0.1, 0.15) is 11.4 Å². The maximum Gasteiger partial charge on any atom is 0.272 e. The van der Waals surface area contributed by atoms with Gasteiger partial charge in [0.15, 0.2) is 5.13 Å². The number of anilines is 1. The van der Waals surface area contributed by atoms with E-state index in [9.17, 15) is 4.79 Å². The second-order valence-corrected chi connectivity index (χ2v) is 7.02. The SMILES string of the molecule is CCOc1ccc2nc(N3CC(NC(=O)c4ccn(C)n4)C3)sc2c1. The van der Waals surface area contributed by atoms with Crippen molar-refractivity contribution in [1.82, 2.24) is 20.1 Å². The zero-order valence-corrected chi connectivity index (χ0v) is 14.9. The molecule has 1 aliphatic rings. The molecular formula is C17H19N5O2S. The third kappa shape index (κ3) is 3.17. The van der Waals surface area contributed by atoms with Gasteiger partial charge in [0.05, 0.1) is 22.9 Å². The summed E-state index contributed by atoms with van der Waals surface area (Å²) in [5.74, 6) is 0.741. The molecule has 1 aromatic carbocycles. The van der Waals surface area contributed by atoms with Gasteiger partial charge in [0.25, 0.3) is 5.91 Å². The summed E-state index contributed by atoms with van der Waals surface area (Å²) in [5, 5.41) is 8.10. The van der Waals surface area contributed by atoms with Crippen molar-refractivity contribution in [3.63, 3.8) is 0 Å². The first-order valence-electron chi connectivity index (χ1n) is 8.21. The van der Waals surface area contributed by atoms with E-state index >= 15 is 0 Å². The largest absolute Gasteiger partial charge is 0.494 e. The van der Waals surface area contributed by atoms with Crippen LogP contribution in [0.25, 0.3) is 10.2 Å². The number of amides is 1. The maximum absolute atomic E-state index is 12.1. The van der Waals surface area contributed by atoms with Gasteiger partial charge in [-0.2, -0.15) is 5.10 Å². The van der Waals surface area contributed by atoms with E-state index in [1.807, 2.05) is 25.1 Å². The van der Waals surface area contributed by atoms with E-state index in [4.69, 9.17) is 4.74 Å². The Labute approximate surface area is 149 Å². The van der Waals surface area contributed by atoms with Gasteiger partial charge in [-0.15, -0.1) is 0 Å². The van der Waals surface area contributed by atoms with Crippen molar-refractivity contribution in [2.24, 2.45) is 7.05 Å². The van der Waals surface area contributed by atoms with E-state index in [-0.39, 0.29) is 11.9 Å². The quantitative estimate of drug-likeness (QED) is 0.757. The number of benzene rings is 1. The average molecular weight is 357 g/mol. The van der Waals surface area contributed by atoms with Gasteiger partial charge in [-0.3, -0.25) is 9.48 Å². The second-order valence-electron chi connectivity index (χ2n) is 6.01. The standard InChI is InChI=1S/C17H19N5O2S/c1-3-24-12-4-5-13-15(8-12)25-17(19-13)22-9-11(10-22)18-16(23)14-6-7-21(2)20-14/h4-8,11H,3,9-10H2,1-2H3,(H,18,23). The van der Waals surface area contributed by atoms with Gasteiger partial charge >= 0.3 is 0 Å². The van der Waals surface area contributed by atoms with Crippen LogP contribution >= 0.6 is 11.3 Å². The molecule has 130 valence electrons. The molecule has 0 spiro atoms. The Balaban J connectivity index is 1.38. The number of ether oxygens (including phenoxy) is 1. The lowest BCUT2D eigenvalue weighted by Crippen LogP contribution is -2.59. The normalized spacial score (nSPS) is 14.6. The number of carbonyl (C=O) groups excluding carboxylic acids is 1. The van der Waals surface area contributed by atoms with Crippen LogP contribution in [0.3, 0.4) is 0 Å². The van der Waals surface area contributed by atoms with Crippen molar-refractivity contribution < 1.29 is 9.53 Å². The van der Waals surface area contributed by atoms with Crippen LogP contribution in [0.2, 0.25) is 0 Å². The molecule has 0 aliphatic carbocycles. The fourth-order valence-corrected chi connectivity index (χ4v) is 3.82. The molecule has 0 unspecified atom stereocenters. The van der Waals surface area contributed by atoms with Crippen LogP contribution in [-0.2, 0) is 7.05 Å². The third-order valence-electron chi connectivity index (χ3n) is 4.09. The molecule has 0 radical (unpaired) electrons. The van der Waals surface area contributed by atoms with E-state index in [2.05, 4.69) is 20.3 Å². The van der Waals surface area contributed by atoms with E-state index in [1.54, 1.807) is 35.3 Å².